The summed E-state index contributed by atoms with van der Waals surface area (Å²) in [5.41, 5.74) is 5.96. The molecule has 0 N–H and O–H groups in total. The number of hydrogen-bond donors (Lipinski definition) is 0. The van der Waals surface area contributed by atoms with Crippen molar-refractivity contribution in [3.63, 3.8) is 0 Å². The lowest BCUT2D eigenvalue weighted by molar-refractivity contribution is 0.306. The topological polar surface area (TPSA) is 22.1 Å². The molecular weight excluding hydrogens is 378 g/mol. The number of pyridine rings is 1. The first-order valence-corrected chi connectivity index (χ1v) is 12.1. The molecule has 0 aliphatic carbocycles. The van der Waals surface area contributed by atoms with E-state index in [1.807, 2.05) is 6.20 Å². The molecule has 0 bridgehead atoms. The molecule has 1 heterocycles. The fraction of sp³-hybridized carbons (Fsp3) is 0.414. The van der Waals surface area contributed by atoms with Gasteiger partial charge in [0.25, 0.3) is 0 Å². The maximum absolute atomic E-state index is 5.82. The van der Waals surface area contributed by atoms with Gasteiger partial charge in [0.2, 0.25) is 0 Å². The second-order valence-electron chi connectivity index (χ2n) is 8.37. The lowest BCUT2D eigenvalue weighted by atomic mass is 10.0. The Kier molecular flexibility index (Phi) is 9.63. The van der Waals surface area contributed by atoms with E-state index in [9.17, 15) is 0 Å². The van der Waals surface area contributed by atoms with Crippen LogP contribution in [0.1, 0.15) is 70.8 Å². The molecule has 0 aliphatic rings. The Hall–Kier alpha value is -2.61. The number of ether oxygens (including phenoxy) is 1. The van der Waals surface area contributed by atoms with E-state index in [-0.39, 0.29) is 0 Å². The summed E-state index contributed by atoms with van der Waals surface area (Å²) >= 11 is 0. The standard InChI is InChI=1S/C29H37NO/c1-3-5-7-8-9-11-24-12-21-29(30-23-24)27-15-13-25(14-16-27)26-17-19-28(20-18-26)31-22-10-6-4-2/h12-21,23H,3-11,22H2,1-2H3. The number of nitrogens with zero attached hydrogens (tertiary/aromatic N) is 1. The molecule has 0 spiro atoms. The summed E-state index contributed by atoms with van der Waals surface area (Å²) in [5, 5.41) is 0. The van der Waals surface area contributed by atoms with Crippen LogP contribution in [0.25, 0.3) is 22.4 Å². The lowest BCUT2D eigenvalue weighted by Gasteiger charge is -2.08. The third-order valence-electron chi connectivity index (χ3n) is 5.78. The van der Waals surface area contributed by atoms with E-state index in [4.69, 9.17) is 9.72 Å². The van der Waals surface area contributed by atoms with E-state index < -0.39 is 0 Å². The maximum atomic E-state index is 5.82. The third-order valence-corrected chi connectivity index (χ3v) is 5.78. The predicted molar refractivity (Wildman–Crippen MR) is 133 cm³/mol. The van der Waals surface area contributed by atoms with E-state index >= 15 is 0 Å². The molecule has 2 nitrogen and oxygen atoms in total. The van der Waals surface area contributed by atoms with Crippen LogP contribution in [0.2, 0.25) is 0 Å². The molecule has 31 heavy (non-hydrogen) atoms. The van der Waals surface area contributed by atoms with Crippen LogP contribution in [0.15, 0.2) is 66.9 Å². The highest BCUT2D eigenvalue weighted by Gasteiger charge is 2.03. The zero-order valence-electron chi connectivity index (χ0n) is 19.3. The highest BCUT2D eigenvalue weighted by atomic mass is 16.5. The van der Waals surface area contributed by atoms with Crippen LogP contribution in [0.3, 0.4) is 0 Å². The molecule has 1 aromatic heterocycles. The number of aromatic nitrogens is 1. The van der Waals surface area contributed by atoms with Gasteiger partial charge in [0.05, 0.1) is 12.3 Å². The van der Waals surface area contributed by atoms with Crippen molar-refractivity contribution in [2.45, 2.75) is 71.6 Å². The molecule has 2 aromatic carbocycles. The minimum Gasteiger partial charge on any atom is -0.494 e. The number of rotatable bonds is 13. The van der Waals surface area contributed by atoms with Crippen molar-refractivity contribution < 1.29 is 4.74 Å². The highest BCUT2D eigenvalue weighted by molar-refractivity contribution is 5.69. The van der Waals surface area contributed by atoms with Gasteiger partial charge in [-0.2, -0.15) is 0 Å². The number of unbranched alkanes of at least 4 members (excludes halogenated alkanes) is 6. The molecule has 2 heteroatoms. The molecule has 0 atom stereocenters. The quantitative estimate of drug-likeness (QED) is 0.261. The summed E-state index contributed by atoms with van der Waals surface area (Å²) in [4.78, 5) is 4.70. The average Bonchev–Trinajstić information content (AvgIpc) is 2.83. The largest absolute Gasteiger partial charge is 0.494 e. The molecule has 0 radical (unpaired) electrons. The summed E-state index contributed by atoms with van der Waals surface area (Å²) in [6, 6.07) is 21.5. The first kappa shape index (κ1) is 23.1. The Morgan fingerprint density at radius 1 is 0.613 bits per heavy atom. The Morgan fingerprint density at radius 3 is 1.87 bits per heavy atom. The predicted octanol–water partition coefficient (Wildman–Crippen LogP) is 8.50. The Labute approximate surface area is 188 Å². The van der Waals surface area contributed by atoms with E-state index in [1.54, 1.807) is 0 Å². The fourth-order valence-electron chi connectivity index (χ4n) is 3.79. The van der Waals surface area contributed by atoms with Crippen molar-refractivity contribution in [2.24, 2.45) is 0 Å². The zero-order valence-corrected chi connectivity index (χ0v) is 19.3. The van der Waals surface area contributed by atoms with Crippen molar-refractivity contribution in [1.29, 1.82) is 0 Å². The minimum atomic E-state index is 0.798. The SMILES string of the molecule is CCCCCCCc1ccc(-c2ccc(-c3ccc(OCCCCC)cc3)cc2)nc1. The second kappa shape index (κ2) is 12.9. The van der Waals surface area contributed by atoms with Gasteiger partial charge in [0.1, 0.15) is 5.75 Å². The van der Waals surface area contributed by atoms with E-state index in [0.29, 0.717) is 0 Å². The molecule has 0 saturated carbocycles. The first-order valence-electron chi connectivity index (χ1n) is 12.1. The lowest BCUT2D eigenvalue weighted by Crippen LogP contribution is -1.96. The maximum Gasteiger partial charge on any atom is 0.119 e. The highest BCUT2D eigenvalue weighted by Crippen LogP contribution is 2.26. The minimum absolute atomic E-state index is 0.798. The summed E-state index contributed by atoms with van der Waals surface area (Å²) in [6.45, 7) is 5.27. The second-order valence-corrected chi connectivity index (χ2v) is 8.37. The number of hydrogen-bond acceptors (Lipinski definition) is 2. The van der Waals surface area contributed by atoms with Gasteiger partial charge in [-0.1, -0.05) is 94.8 Å². The molecule has 0 saturated heterocycles. The molecule has 3 rings (SSSR count). The Morgan fingerprint density at radius 2 is 1.23 bits per heavy atom. The van der Waals surface area contributed by atoms with Gasteiger partial charge in [-0.25, -0.2) is 0 Å². The van der Waals surface area contributed by atoms with Crippen molar-refractivity contribution in [2.75, 3.05) is 6.61 Å². The van der Waals surface area contributed by atoms with Crippen LogP contribution in [-0.2, 0) is 6.42 Å². The smallest absolute Gasteiger partial charge is 0.119 e. The molecular formula is C29H37NO. The van der Waals surface area contributed by atoms with Crippen molar-refractivity contribution in [1.82, 2.24) is 4.98 Å². The zero-order chi connectivity index (χ0) is 21.7. The van der Waals surface area contributed by atoms with Gasteiger partial charge >= 0.3 is 0 Å². The first-order chi connectivity index (χ1) is 15.3. The van der Waals surface area contributed by atoms with Crippen LogP contribution in [0, 0.1) is 0 Å². The monoisotopic (exact) mass is 415 g/mol. The fourth-order valence-corrected chi connectivity index (χ4v) is 3.79. The summed E-state index contributed by atoms with van der Waals surface area (Å²) in [5.74, 6) is 0.950. The van der Waals surface area contributed by atoms with Gasteiger partial charge in [-0.05, 0) is 54.2 Å². The third kappa shape index (κ3) is 7.54. The molecule has 3 aromatic rings. The van der Waals surface area contributed by atoms with Crippen molar-refractivity contribution in [3.05, 3.63) is 72.4 Å². The van der Waals surface area contributed by atoms with Crippen molar-refractivity contribution >= 4 is 0 Å². The van der Waals surface area contributed by atoms with Crippen LogP contribution in [0.4, 0.5) is 0 Å². The van der Waals surface area contributed by atoms with E-state index in [2.05, 4.69) is 74.5 Å². The number of aryl methyl sites for hydroxylation is 1. The molecule has 164 valence electrons. The summed E-state index contributed by atoms with van der Waals surface area (Å²) in [6.07, 6.45) is 13.3. The van der Waals surface area contributed by atoms with Crippen LogP contribution in [-0.4, -0.2) is 11.6 Å². The van der Waals surface area contributed by atoms with E-state index in [0.717, 1.165) is 36.5 Å². The van der Waals surface area contributed by atoms with E-state index in [1.165, 1.54) is 61.6 Å². The Balaban J connectivity index is 1.53. The van der Waals surface area contributed by atoms with Crippen LogP contribution >= 0.6 is 0 Å². The Bertz CT molecular complexity index is 866. The van der Waals surface area contributed by atoms with Gasteiger partial charge in [-0.3, -0.25) is 4.98 Å². The molecule has 0 aliphatic heterocycles. The average molecular weight is 416 g/mol. The molecule has 0 unspecified atom stereocenters. The summed E-state index contributed by atoms with van der Waals surface area (Å²) in [7, 11) is 0. The van der Waals surface area contributed by atoms with Crippen LogP contribution < -0.4 is 4.74 Å². The van der Waals surface area contributed by atoms with Gasteiger partial charge in [-0.15, -0.1) is 0 Å². The van der Waals surface area contributed by atoms with Crippen molar-refractivity contribution in [3.8, 4) is 28.1 Å². The summed E-state index contributed by atoms with van der Waals surface area (Å²) < 4.78 is 5.82. The van der Waals surface area contributed by atoms with Gasteiger partial charge in [0.15, 0.2) is 0 Å². The number of benzene rings is 2. The molecule has 0 amide bonds. The van der Waals surface area contributed by atoms with Crippen LogP contribution in [0.5, 0.6) is 5.75 Å². The normalized spacial score (nSPS) is 10.9. The van der Waals surface area contributed by atoms with Gasteiger partial charge in [0, 0.05) is 11.8 Å². The van der Waals surface area contributed by atoms with Gasteiger partial charge < -0.3 is 4.74 Å². The molecule has 0 fully saturated rings.